The summed E-state index contributed by atoms with van der Waals surface area (Å²) in [5.74, 6) is -0.351. The van der Waals surface area contributed by atoms with Gasteiger partial charge < -0.3 is 9.47 Å². The monoisotopic (exact) mass is 436 g/mol. The molecule has 0 aliphatic carbocycles. The summed E-state index contributed by atoms with van der Waals surface area (Å²) in [6.07, 6.45) is 3.81. The topological polar surface area (TPSA) is 112 Å². The number of nitrogens with one attached hydrogen (secondary N) is 2. The van der Waals surface area contributed by atoms with Gasteiger partial charge in [0, 0.05) is 11.9 Å². The fourth-order valence-electron chi connectivity index (χ4n) is 3.08. The number of allylic oxidation sites excluding steroid dienone is 1. The summed E-state index contributed by atoms with van der Waals surface area (Å²) in [4.78, 5) is 37.2. The normalized spacial score (nSPS) is 10.8. The molecule has 0 radical (unpaired) electrons. The number of carbonyl (C=O) groups is 2. The highest BCUT2D eigenvalue weighted by Gasteiger charge is 2.17. The highest BCUT2D eigenvalue weighted by molar-refractivity contribution is 6.05. The molecule has 166 valence electrons. The molecule has 0 saturated heterocycles. The lowest BCUT2D eigenvalue weighted by molar-refractivity contribution is -0.123. The van der Waals surface area contributed by atoms with Crippen LogP contribution in [0.4, 0.5) is 0 Å². The molecule has 3 aromatic rings. The predicted molar refractivity (Wildman–Crippen MR) is 120 cm³/mol. The molecule has 2 N–H and O–H groups in total. The Labute approximate surface area is 184 Å². The molecule has 3 rings (SSSR count). The van der Waals surface area contributed by atoms with E-state index in [1.807, 2.05) is 25.1 Å². The number of ether oxygens (including phenoxy) is 2. The molecule has 0 atom stereocenters. The molecule has 32 heavy (non-hydrogen) atoms. The van der Waals surface area contributed by atoms with Crippen LogP contribution in [0.3, 0.4) is 0 Å². The number of benzene rings is 2. The Morgan fingerprint density at radius 2 is 1.84 bits per heavy atom. The lowest BCUT2D eigenvalue weighted by Gasteiger charge is -2.13. The standard InChI is InChI=1S/C23H24N4O5/c1-4-8-15-11-12-18(19(13-15)31-3)32-14-20(28)24-25-22(29)21-16-9-6-7-10-17(16)23(30)27(5-2)26-21/h4,6-13H,5,14H2,1-3H3,(H,24,28)(H,25,29)/b8-4+. The number of aromatic nitrogens is 2. The van der Waals surface area contributed by atoms with Gasteiger partial charge in [0.2, 0.25) is 0 Å². The van der Waals surface area contributed by atoms with Crippen LogP contribution in [0.1, 0.15) is 29.9 Å². The average Bonchev–Trinajstić information content (AvgIpc) is 2.82. The van der Waals surface area contributed by atoms with Gasteiger partial charge in [0.1, 0.15) is 0 Å². The number of fused-ring (bicyclic) bond motifs is 1. The second-order valence-corrected chi connectivity index (χ2v) is 6.72. The molecule has 1 heterocycles. The van der Waals surface area contributed by atoms with Gasteiger partial charge in [-0.3, -0.25) is 25.2 Å². The number of methoxy groups -OCH3 is 1. The van der Waals surface area contributed by atoms with Crippen LogP contribution in [0.25, 0.3) is 16.8 Å². The Morgan fingerprint density at radius 1 is 1.09 bits per heavy atom. The third-order valence-electron chi connectivity index (χ3n) is 4.60. The van der Waals surface area contributed by atoms with Gasteiger partial charge in [0.25, 0.3) is 17.4 Å². The lowest BCUT2D eigenvalue weighted by Crippen LogP contribution is -2.44. The van der Waals surface area contributed by atoms with Gasteiger partial charge in [-0.2, -0.15) is 5.10 Å². The number of nitrogens with zero attached hydrogens (tertiary/aromatic N) is 2. The van der Waals surface area contributed by atoms with Crippen molar-refractivity contribution in [1.29, 1.82) is 0 Å². The van der Waals surface area contributed by atoms with Crippen molar-refractivity contribution in [3.63, 3.8) is 0 Å². The number of carbonyl (C=O) groups excluding carboxylic acids is 2. The average molecular weight is 436 g/mol. The fraction of sp³-hybridized carbons (Fsp3) is 0.217. The van der Waals surface area contributed by atoms with Gasteiger partial charge in [-0.05, 0) is 37.6 Å². The molecule has 0 saturated carbocycles. The molecule has 9 heteroatoms. The summed E-state index contributed by atoms with van der Waals surface area (Å²) in [5.41, 5.74) is 5.29. The number of rotatable bonds is 7. The molecule has 2 aromatic carbocycles. The Bertz CT molecular complexity index is 1230. The van der Waals surface area contributed by atoms with E-state index in [4.69, 9.17) is 9.47 Å². The van der Waals surface area contributed by atoms with E-state index < -0.39 is 11.8 Å². The Hall–Kier alpha value is -4.14. The molecule has 0 bridgehead atoms. The van der Waals surface area contributed by atoms with E-state index in [1.54, 1.807) is 43.3 Å². The number of aryl methyl sites for hydroxylation is 1. The van der Waals surface area contributed by atoms with Crippen molar-refractivity contribution in [2.45, 2.75) is 20.4 Å². The van der Waals surface area contributed by atoms with Gasteiger partial charge in [0.05, 0.1) is 12.5 Å². The van der Waals surface area contributed by atoms with Gasteiger partial charge in [-0.15, -0.1) is 0 Å². The first kappa shape index (κ1) is 22.5. The largest absolute Gasteiger partial charge is 0.493 e. The maximum Gasteiger partial charge on any atom is 0.290 e. The first-order valence-corrected chi connectivity index (χ1v) is 10.0. The van der Waals surface area contributed by atoms with E-state index >= 15 is 0 Å². The summed E-state index contributed by atoms with van der Waals surface area (Å²) in [5, 5.41) is 4.90. The first-order valence-electron chi connectivity index (χ1n) is 10.0. The van der Waals surface area contributed by atoms with Crippen LogP contribution in [-0.2, 0) is 11.3 Å². The van der Waals surface area contributed by atoms with Crippen LogP contribution in [0.5, 0.6) is 11.5 Å². The van der Waals surface area contributed by atoms with E-state index in [-0.39, 0.29) is 17.9 Å². The molecular weight excluding hydrogens is 412 g/mol. The summed E-state index contributed by atoms with van der Waals surface area (Å²) in [6, 6.07) is 12.0. The van der Waals surface area contributed by atoms with E-state index in [2.05, 4.69) is 16.0 Å². The van der Waals surface area contributed by atoms with Gasteiger partial charge in [-0.1, -0.05) is 36.4 Å². The van der Waals surface area contributed by atoms with Crippen LogP contribution < -0.4 is 25.9 Å². The van der Waals surface area contributed by atoms with E-state index in [0.29, 0.717) is 28.8 Å². The number of hydrazine groups is 1. The molecule has 1 aromatic heterocycles. The molecule has 0 fully saturated rings. The van der Waals surface area contributed by atoms with Crippen LogP contribution in [0.15, 0.2) is 53.3 Å². The van der Waals surface area contributed by atoms with Crippen molar-refractivity contribution in [3.05, 3.63) is 70.2 Å². The number of hydrogen-bond acceptors (Lipinski definition) is 6. The third kappa shape index (κ3) is 4.94. The zero-order chi connectivity index (χ0) is 23.1. The molecule has 0 spiro atoms. The summed E-state index contributed by atoms with van der Waals surface area (Å²) < 4.78 is 12.0. The Kier molecular flexibility index (Phi) is 7.22. The number of amides is 2. The van der Waals surface area contributed by atoms with Crippen molar-refractivity contribution in [1.82, 2.24) is 20.6 Å². The van der Waals surface area contributed by atoms with Crippen LogP contribution in [0, 0.1) is 0 Å². The van der Waals surface area contributed by atoms with Crippen LogP contribution in [0.2, 0.25) is 0 Å². The third-order valence-corrected chi connectivity index (χ3v) is 4.60. The molecule has 9 nitrogen and oxygen atoms in total. The molecule has 2 amide bonds. The lowest BCUT2D eigenvalue weighted by atomic mass is 10.1. The minimum atomic E-state index is -0.648. The Balaban J connectivity index is 1.67. The predicted octanol–water partition coefficient (Wildman–Crippen LogP) is 2.30. The van der Waals surface area contributed by atoms with Crippen LogP contribution >= 0.6 is 0 Å². The summed E-state index contributed by atoms with van der Waals surface area (Å²) >= 11 is 0. The molecular formula is C23H24N4O5. The SMILES string of the molecule is C/C=C/c1ccc(OCC(=O)NNC(=O)c2nn(CC)c(=O)c3ccccc23)c(OC)c1. The van der Waals surface area contributed by atoms with E-state index in [1.165, 1.54) is 11.8 Å². The van der Waals surface area contributed by atoms with Gasteiger partial charge >= 0.3 is 0 Å². The highest BCUT2D eigenvalue weighted by atomic mass is 16.5. The Morgan fingerprint density at radius 3 is 2.53 bits per heavy atom. The second-order valence-electron chi connectivity index (χ2n) is 6.72. The number of hydrogen-bond donors (Lipinski definition) is 2. The fourth-order valence-corrected chi connectivity index (χ4v) is 3.08. The second kappa shape index (κ2) is 10.3. The quantitative estimate of drug-likeness (QED) is 0.550. The van der Waals surface area contributed by atoms with Crippen molar-refractivity contribution >= 4 is 28.7 Å². The van der Waals surface area contributed by atoms with Gasteiger partial charge in [0.15, 0.2) is 23.8 Å². The zero-order valence-electron chi connectivity index (χ0n) is 18.0. The molecule has 0 unspecified atom stereocenters. The maximum atomic E-state index is 12.6. The van der Waals surface area contributed by atoms with Crippen molar-refractivity contribution < 1.29 is 19.1 Å². The summed E-state index contributed by atoms with van der Waals surface area (Å²) in [6.45, 7) is 3.62. The molecule has 0 aliphatic heterocycles. The van der Waals surface area contributed by atoms with Gasteiger partial charge in [-0.25, -0.2) is 4.68 Å². The van der Waals surface area contributed by atoms with Crippen molar-refractivity contribution in [3.8, 4) is 11.5 Å². The zero-order valence-corrected chi connectivity index (χ0v) is 18.0. The van der Waals surface area contributed by atoms with E-state index in [9.17, 15) is 14.4 Å². The smallest absolute Gasteiger partial charge is 0.290 e. The van der Waals surface area contributed by atoms with Crippen molar-refractivity contribution in [2.24, 2.45) is 0 Å². The maximum absolute atomic E-state index is 12.6. The minimum Gasteiger partial charge on any atom is -0.493 e. The summed E-state index contributed by atoms with van der Waals surface area (Å²) in [7, 11) is 1.51. The van der Waals surface area contributed by atoms with Crippen LogP contribution in [-0.4, -0.2) is 35.3 Å². The minimum absolute atomic E-state index is 0.0319. The highest BCUT2D eigenvalue weighted by Crippen LogP contribution is 2.28. The molecule has 0 aliphatic rings. The van der Waals surface area contributed by atoms with E-state index in [0.717, 1.165) is 5.56 Å². The first-order chi connectivity index (χ1) is 15.5. The van der Waals surface area contributed by atoms with Crippen molar-refractivity contribution in [2.75, 3.05) is 13.7 Å².